The minimum Gasteiger partial charge on any atom is -0.496 e. The van der Waals surface area contributed by atoms with Gasteiger partial charge in [-0.1, -0.05) is 0 Å². The van der Waals surface area contributed by atoms with Crippen LogP contribution in [-0.4, -0.2) is 38.5 Å². The first-order valence-electron chi connectivity index (χ1n) is 7.88. The average Bonchev–Trinajstić information content (AvgIpc) is 2.64. The van der Waals surface area contributed by atoms with E-state index in [9.17, 15) is 28.1 Å². The van der Waals surface area contributed by atoms with Crippen molar-refractivity contribution < 1.29 is 32.4 Å². The van der Waals surface area contributed by atoms with Crippen molar-refractivity contribution in [3.8, 4) is 5.75 Å². The van der Waals surface area contributed by atoms with E-state index in [0.29, 0.717) is 16.9 Å². The summed E-state index contributed by atoms with van der Waals surface area (Å²) in [6.45, 7) is 1.14. The molecule has 0 saturated heterocycles. The molecule has 0 radical (unpaired) electrons. The van der Waals surface area contributed by atoms with Crippen LogP contribution in [0.3, 0.4) is 0 Å². The van der Waals surface area contributed by atoms with Gasteiger partial charge in [0.25, 0.3) is 5.69 Å². The smallest absolute Gasteiger partial charge is 0.338 e. The number of Topliss-reactive ketones (excluding diaryl/α,β-unsaturated/α-hetero) is 1. The zero-order valence-electron chi connectivity index (χ0n) is 15.3. The third-order valence-electron chi connectivity index (χ3n) is 3.84. The lowest BCUT2D eigenvalue weighted by Gasteiger charge is -2.11. The molecule has 2 aromatic carbocycles. The molecule has 0 aliphatic heterocycles. The largest absolute Gasteiger partial charge is 0.496 e. The number of hydrogen-bond acceptors (Lipinski definition) is 8. The molecule has 0 bridgehead atoms. The fourth-order valence-electron chi connectivity index (χ4n) is 2.44. The van der Waals surface area contributed by atoms with Crippen LogP contribution in [0.5, 0.6) is 5.75 Å². The maximum absolute atomic E-state index is 12.3. The third-order valence-corrected chi connectivity index (χ3v) is 4.98. The number of nitro groups is 1. The van der Waals surface area contributed by atoms with Gasteiger partial charge < -0.3 is 9.47 Å². The highest BCUT2D eigenvalue weighted by Gasteiger charge is 2.24. The number of hydrogen-bond donors (Lipinski definition) is 0. The fraction of sp³-hybridized carbons (Fsp3) is 0.222. The predicted octanol–water partition coefficient (Wildman–Crippen LogP) is 2.57. The molecule has 0 saturated carbocycles. The van der Waals surface area contributed by atoms with Gasteiger partial charge in [0.05, 0.1) is 17.6 Å². The number of esters is 1. The van der Waals surface area contributed by atoms with Crippen LogP contribution in [0.1, 0.15) is 33.2 Å². The molecule has 0 aliphatic carbocycles. The summed E-state index contributed by atoms with van der Waals surface area (Å²) in [5.41, 5.74) is -0.0558. The number of carbonyl (C=O) groups is 2. The van der Waals surface area contributed by atoms with Crippen LogP contribution >= 0.6 is 0 Å². The molecule has 0 atom stereocenters. The van der Waals surface area contributed by atoms with Crippen LogP contribution in [0.4, 0.5) is 5.69 Å². The van der Waals surface area contributed by atoms with Gasteiger partial charge in [0, 0.05) is 23.4 Å². The van der Waals surface area contributed by atoms with Crippen LogP contribution < -0.4 is 4.74 Å². The maximum atomic E-state index is 12.3. The van der Waals surface area contributed by atoms with E-state index in [-0.39, 0.29) is 18.0 Å². The van der Waals surface area contributed by atoms with Crippen molar-refractivity contribution in [1.29, 1.82) is 0 Å². The molecule has 2 rings (SSSR count). The summed E-state index contributed by atoms with van der Waals surface area (Å²) in [5.74, 6) is -0.670. The Morgan fingerprint density at radius 2 is 1.75 bits per heavy atom. The number of ketones is 1. The Hall–Kier alpha value is -3.27. The second-order valence-electron chi connectivity index (χ2n) is 5.87. The lowest BCUT2D eigenvalue weighted by molar-refractivity contribution is -0.387. The van der Waals surface area contributed by atoms with E-state index < -0.39 is 31.3 Å². The summed E-state index contributed by atoms with van der Waals surface area (Å²) in [4.78, 5) is 33.5. The Balaban J connectivity index is 2.29. The van der Waals surface area contributed by atoms with Crippen molar-refractivity contribution >= 4 is 27.3 Å². The molecule has 148 valence electrons. The zero-order chi connectivity index (χ0) is 21.1. The molecule has 0 amide bonds. The summed E-state index contributed by atoms with van der Waals surface area (Å²) in [5, 5.41) is 11.1. The highest BCUT2D eigenvalue weighted by atomic mass is 32.2. The highest BCUT2D eigenvalue weighted by Crippen LogP contribution is 2.26. The normalized spacial score (nSPS) is 11.0. The Morgan fingerprint density at radius 1 is 1.11 bits per heavy atom. The van der Waals surface area contributed by atoms with Crippen LogP contribution in [-0.2, 0) is 21.2 Å². The van der Waals surface area contributed by atoms with Crippen molar-refractivity contribution in [2.24, 2.45) is 0 Å². The number of rotatable bonds is 7. The summed E-state index contributed by atoms with van der Waals surface area (Å²) in [6.07, 6.45) is 0.835. The van der Waals surface area contributed by atoms with Gasteiger partial charge in [0.15, 0.2) is 15.6 Å². The predicted molar refractivity (Wildman–Crippen MR) is 98.3 cm³/mol. The molecule has 9 nitrogen and oxygen atoms in total. The number of methoxy groups -OCH3 is 1. The van der Waals surface area contributed by atoms with Gasteiger partial charge in [0.2, 0.25) is 0 Å². The Labute approximate surface area is 161 Å². The molecule has 0 heterocycles. The molecule has 0 spiro atoms. The fourth-order valence-corrected chi connectivity index (χ4v) is 3.27. The molecule has 28 heavy (non-hydrogen) atoms. The zero-order valence-corrected chi connectivity index (χ0v) is 16.1. The molecule has 0 aliphatic rings. The van der Waals surface area contributed by atoms with Crippen LogP contribution in [0.2, 0.25) is 0 Å². The molecular weight excluding hydrogens is 390 g/mol. The summed E-state index contributed by atoms with van der Waals surface area (Å²) < 4.78 is 33.6. The van der Waals surface area contributed by atoms with Gasteiger partial charge in [-0.2, -0.15) is 0 Å². The second kappa shape index (κ2) is 8.17. The topological polar surface area (TPSA) is 130 Å². The Morgan fingerprint density at radius 3 is 2.29 bits per heavy atom. The first-order valence-corrected chi connectivity index (χ1v) is 9.77. The summed E-state index contributed by atoms with van der Waals surface area (Å²) in [6, 6.07) is 7.62. The van der Waals surface area contributed by atoms with E-state index >= 15 is 0 Å². The number of ether oxygens (including phenoxy) is 2. The summed E-state index contributed by atoms with van der Waals surface area (Å²) in [7, 11) is -2.42. The standard InChI is InChI=1S/C18H17NO8S/c1-11(20)12-4-6-16(26-2)14(8-12)10-27-18(21)13-5-7-17(28(3,24)25)15(9-13)19(22)23/h4-9H,10H2,1-3H3. The number of carbonyl (C=O) groups excluding carboxylic acids is 2. The monoisotopic (exact) mass is 407 g/mol. The summed E-state index contributed by atoms with van der Waals surface area (Å²) >= 11 is 0. The lowest BCUT2D eigenvalue weighted by Crippen LogP contribution is -2.09. The van der Waals surface area contributed by atoms with Gasteiger partial charge in [-0.25, -0.2) is 13.2 Å². The second-order valence-corrected chi connectivity index (χ2v) is 7.85. The molecule has 2 aromatic rings. The molecular formula is C18H17NO8S. The van der Waals surface area contributed by atoms with Crippen molar-refractivity contribution in [2.45, 2.75) is 18.4 Å². The molecule has 0 N–H and O–H groups in total. The van der Waals surface area contributed by atoms with E-state index in [0.717, 1.165) is 24.5 Å². The SMILES string of the molecule is COc1ccc(C(C)=O)cc1COC(=O)c1ccc(S(C)(=O)=O)c([N+](=O)[O-])c1. The van der Waals surface area contributed by atoms with Gasteiger partial charge in [-0.15, -0.1) is 0 Å². The number of nitro benzene ring substituents is 1. The van der Waals surface area contributed by atoms with E-state index in [4.69, 9.17) is 9.47 Å². The molecule has 10 heteroatoms. The van der Waals surface area contributed by atoms with Crippen LogP contribution in [0.15, 0.2) is 41.3 Å². The van der Waals surface area contributed by atoms with E-state index in [1.807, 2.05) is 0 Å². The molecule has 0 aromatic heterocycles. The van der Waals surface area contributed by atoms with Gasteiger partial charge in [-0.3, -0.25) is 14.9 Å². The highest BCUT2D eigenvalue weighted by molar-refractivity contribution is 7.90. The van der Waals surface area contributed by atoms with E-state index in [1.165, 1.54) is 20.1 Å². The molecule has 0 unspecified atom stereocenters. The lowest BCUT2D eigenvalue weighted by atomic mass is 10.1. The van der Waals surface area contributed by atoms with Crippen LogP contribution in [0.25, 0.3) is 0 Å². The van der Waals surface area contributed by atoms with Gasteiger partial charge >= 0.3 is 5.97 Å². The number of sulfone groups is 1. The first-order chi connectivity index (χ1) is 13.0. The van der Waals surface area contributed by atoms with Crippen molar-refractivity contribution in [3.05, 3.63) is 63.2 Å². The molecule has 0 fully saturated rings. The third kappa shape index (κ3) is 4.71. The average molecular weight is 407 g/mol. The Kier molecular flexibility index (Phi) is 6.14. The quantitative estimate of drug-likeness (QED) is 0.296. The van der Waals surface area contributed by atoms with Crippen LogP contribution in [0, 0.1) is 10.1 Å². The Bertz CT molecular complexity index is 1060. The van der Waals surface area contributed by atoms with Gasteiger partial charge in [-0.05, 0) is 37.3 Å². The number of benzene rings is 2. The van der Waals surface area contributed by atoms with Crippen molar-refractivity contribution in [1.82, 2.24) is 0 Å². The van der Waals surface area contributed by atoms with Crippen molar-refractivity contribution in [2.75, 3.05) is 13.4 Å². The van der Waals surface area contributed by atoms with Crippen molar-refractivity contribution in [3.63, 3.8) is 0 Å². The minimum absolute atomic E-state index is 0.179. The first kappa shape index (κ1) is 21.0. The number of nitrogens with zero attached hydrogens (tertiary/aromatic N) is 1. The van der Waals surface area contributed by atoms with E-state index in [2.05, 4.69) is 0 Å². The van der Waals surface area contributed by atoms with Gasteiger partial charge in [0.1, 0.15) is 17.3 Å². The minimum atomic E-state index is -3.84. The maximum Gasteiger partial charge on any atom is 0.338 e. The van der Waals surface area contributed by atoms with E-state index in [1.54, 1.807) is 12.1 Å².